The zero-order valence-electron chi connectivity index (χ0n) is 11.4. The van der Waals surface area contributed by atoms with Crippen LogP contribution in [-0.4, -0.2) is 34.8 Å². The van der Waals surface area contributed by atoms with Crippen LogP contribution >= 0.6 is 0 Å². The van der Waals surface area contributed by atoms with Gasteiger partial charge in [0.1, 0.15) is 0 Å². The Hall–Kier alpha value is -1.39. The van der Waals surface area contributed by atoms with Crippen LogP contribution in [0.4, 0.5) is 11.8 Å². The molecule has 1 aromatic heterocycles. The number of hydrogen-bond acceptors (Lipinski definition) is 5. The molecule has 0 spiro atoms. The van der Waals surface area contributed by atoms with Crippen LogP contribution in [0.25, 0.3) is 0 Å². The SMILES string of the molecule is CC(C)CNc1cnnc(N2CCCCCC2)n1. The van der Waals surface area contributed by atoms with Crippen molar-refractivity contribution >= 4 is 11.8 Å². The first-order valence-electron chi connectivity index (χ1n) is 6.94. The lowest BCUT2D eigenvalue weighted by atomic mass is 10.2. The molecule has 0 aliphatic carbocycles. The van der Waals surface area contributed by atoms with Crippen molar-refractivity contribution in [3.8, 4) is 0 Å². The van der Waals surface area contributed by atoms with Gasteiger partial charge in [-0.25, -0.2) is 0 Å². The zero-order valence-corrected chi connectivity index (χ0v) is 11.4. The van der Waals surface area contributed by atoms with Crippen LogP contribution in [0, 0.1) is 5.92 Å². The first-order chi connectivity index (χ1) is 8.75. The summed E-state index contributed by atoms with van der Waals surface area (Å²) >= 11 is 0. The molecular weight excluding hydrogens is 226 g/mol. The number of nitrogens with one attached hydrogen (secondary N) is 1. The summed E-state index contributed by atoms with van der Waals surface area (Å²) in [6, 6.07) is 0. The second-order valence-electron chi connectivity index (χ2n) is 5.32. The van der Waals surface area contributed by atoms with Gasteiger partial charge in [0.05, 0.1) is 6.20 Å². The molecule has 1 aliphatic rings. The Morgan fingerprint density at radius 3 is 2.61 bits per heavy atom. The van der Waals surface area contributed by atoms with Gasteiger partial charge in [-0.1, -0.05) is 26.7 Å². The molecule has 5 nitrogen and oxygen atoms in total. The summed E-state index contributed by atoms with van der Waals surface area (Å²) in [4.78, 5) is 6.80. The average molecular weight is 249 g/mol. The minimum absolute atomic E-state index is 0.599. The molecule has 0 aromatic carbocycles. The minimum Gasteiger partial charge on any atom is -0.368 e. The van der Waals surface area contributed by atoms with E-state index < -0.39 is 0 Å². The maximum atomic E-state index is 4.55. The highest BCUT2D eigenvalue weighted by Crippen LogP contribution is 2.16. The molecule has 1 aromatic rings. The summed E-state index contributed by atoms with van der Waals surface area (Å²) in [6.07, 6.45) is 6.79. The van der Waals surface area contributed by atoms with Crippen LogP contribution in [0.2, 0.25) is 0 Å². The predicted molar refractivity (Wildman–Crippen MR) is 73.8 cm³/mol. The quantitative estimate of drug-likeness (QED) is 0.887. The van der Waals surface area contributed by atoms with Gasteiger partial charge in [0.2, 0.25) is 5.95 Å². The van der Waals surface area contributed by atoms with Crippen LogP contribution in [0.3, 0.4) is 0 Å². The van der Waals surface area contributed by atoms with Gasteiger partial charge in [-0.3, -0.25) is 0 Å². The van der Waals surface area contributed by atoms with Crippen molar-refractivity contribution in [1.29, 1.82) is 0 Å². The number of aromatic nitrogens is 3. The van der Waals surface area contributed by atoms with Gasteiger partial charge >= 0.3 is 0 Å². The molecule has 5 heteroatoms. The summed E-state index contributed by atoms with van der Waals surface area (Å²) in [6.45, 7) is 7.37. The van der Waals surface area contributed by atoms with E-state index in [1.54, 1.807) is 6.20 Å². The Balaban J connectivity index is 2.01. The third kappa shape index (κ3) is 3.82. The molecule has 0 unspecified atom stereocenters. The number of nitrogens with zero attached hydrogens (tertiary/aromatic N) is 4. The molecule has 1 saturated heterocycles. The van der Waals surface area contributed by atoms with Gasteiger partial charge in [-0.05, 0) is 18.8 Å². The third-order valence-corrected chi connectivity index (χ3v) is 3.13. The van der Waals surface area contributed by atoms with E-state index in [-0.39, 0.29) is 0 Å². The predicted octanol–water partition coefficient (Wildman–Crippen LogP) is 2.32. The van der Waals surface area contributed by atoms with Gasteiger partial charge in [0.25, 0.3) is 0 Å². The summed E-state index contributed by atoms with van der Waals surface area (Å²) in [5, 5.41) is 11.5. The summed E-state index contributed by atoms with van der Waals surface area (Å²) in [7, 11) is 0. The lowest BCUT2D eigenvalue weighted by Gasteiger charge is -2.19. The molecular formula is C13H23N5. The van der Waals surface area contributed by atoms with Gasteiger partial charge in [0, 0.05) is 19.6 Å². The molecule has 18 heavy (non-hydrogen) atoms. The van der Waals surface area contributed by atoms with Crippen LogP contribution < -0.4 is 10.2 Å². The Kier molecular flexibility index (Phi) is 4.73. The zero-order chi connectivity index (χ0) is 12.8. The van der Waals surface area contributed by atoms with Crippen LogP contribution in [0.1, 0.15) is 39.5 Å². The van der Waals surface area contributed by atoms with Crippen LogP contribution in [-0.2, 0) is 0 Å². The van der Waals surface area contributed by atoms with Crippen molar-refractivity contribution in [2.45, 2.75) is 39.5 Å². The van der Waals surface area contributed by atoms with E-state index in [9.17, 15) is 0 Å². The molecule has 0 bridgehead atoms. The molecule has 0 atom stereocenters. The Morgan fingerprint density at radius 2 is 1.94 bits per heavy atom. The summed E-state index contributed by atoms with van der Waals surface area (Å²) < 4.78 is 0. The molecule has 1 fully saturated rings. The molecule has 100 valence electrons. The van der Waals surface area contributed by atoms with Crippen LogP contribution in [0.5, 0.6) is 0 Å². The van der Waals surface area contributed by atoms with Gasteiger partial charge in [-0.15, -0.1) is 5.10 Å². The number of hydrogen-bond donors (Lipinski definition) is 1. The van der Waals surface area contributed by atoms with Crippen LogP contribution in [0.15, 0.2) is 6.20 Å². The monoisotopic (exact) mass is 249 g/mol. The second kappa shape index (κ2) is 6.52. The lowest BCUT2D eigenvalue weighted by Crippen LogP contribution is -2.26. The summed E-state index contributed by atoms with van der Waals surface area (Å²) in [5.41, 5.74) is 0. The second-order valence-corrected chi connectivity index (χ2v) is 5.32. The highest BCUT2D eigenvalue weighted by atomic mass is 15.3. The largest absolute Gasteiger partial charge is 0.368 e. The molecule has 0 radical (unpaired) electrons. The normalized spacial score (nSPS) is 16.7. The van der Waals surface area contributed by atoms with Crippen molar-refractivity contribution in [3.05, 3.63) is 6.20 Å². The molecule has 0 amide bonds. The molecule has 1 N–H and O–H groups in total. The Morgan fingerprint density at radius 1 is 1.22 bits per heavy atom. The van der Waals surface area contributed by atoms with Gasteiger partial charge < -0.3 is 10.2 Å². The fourth-order valence-electron chi connectivity index (χ4n) is 2.09. The standard InChI is InChI=1S/C13H23N5/c1-11(2)9-14-12-10-15-17-13(16-12)18-7-5-3-4-6-8-18/h10-11H,3-9H2,1-2H3,(H,14,16,17). The Labute approximate surface area is 109 Å². The first kappa shape index (κ1) is 13.1. The van der Waals surface area contributed by atoms with Crippen molar-refractivity contribution < 1.29 is 0 Å². The van der Waals surface area contributed by atoms with E-state index >= 15 is 0 Å². The van der Waals surface area contributed by atoms with Crippen molar-refractivity contribution in [2.75, 3.05) is 29.9 Å². The topological polar surface area (TPSA) is 53.9 Å². The molecule has 2 heterocycles. The van der Waals surface area contributed by atoms with E-state index in [1.807, 2.05) is 0 Å². The fraction of sp³-hybridized carbons (Fsp3) is 0.769. The van der Waals surface area contributed by atoms with E-state index in [1.165, 1.54) is 25.7 Å². The average Bonchev–Trinajstić information content (AvgIpc) is 2.65. The number of rotatable bonds is 4. The lowest BCUT2D eigenvalue weighted by molar-refractivity contribution is 0.684. The molecule has 0 saturated carbocycles. The minimum atomic E-state index is 0.599. The van der Waals surface area contributed by atoms with E-state index in [4.69, 9.17) is 0 Å². The van der Waals surface area contributed by atoms with Crippen molar-refractivity contribution in [1.82, 2.24) is 15.2 Å². The highest BCUT2D eigenvalue weighted by molar-refractivity contribution is 5.38. The maximum Gasteiger partial charge on any atom is 0.247 e. The summed E-state index contributed by atoms with van der Waals surface area (Å²) in [5.74, 6) is 2.20. The van der Waals surface area contributed by atoms with E-state index in [0.717, 1.165) is 31.4 Å². The van der Waals surface area contributed by atoms with Gasteiger partial charge in [0.15, 0.2) is 5.82 Å². The number of anilines is 2. The fourth-order valence-corrected chi connectivity index (χ4v) is 2.09. The van der Waals surface area contributed by atoms with Crippen molar-refractivity contribution in [3.63, 3.8) is 0 Å². The maximum absolute atomic E-state index is 4.55. The third-order valence-electron chi connectivity index (χ3n) is 3.13. The Bertz CT molecular complexity index is 358. The van der Waals surface area contributed by atoms with Gasteiger partial charge in [-0.2, -0.15) is 10.1 Å². The molecule has 1 aliphatic heterocycles. The smallest absolute Gasteiger partial charge is 0.247 e. The van der Waals surface area contributed by atoms with E-state index in [0.29, 0.717) is 5.92 Å². The van der Waals surface area contributed by atoms with E-state index in [2.05, 4.69) is 39.2 Å². The molecule has 2 rings (SSSR count). The highest BCUT2D eigenvalue weighted by Gasteiger charge is 2.13. The van der Waals surface area contributed by atoms with Crippen molar-refractivity contribution in [2.24, 2.45) is 5.92 Å². The first-order valence-corrected chi connectivity index (χ1v) is 6.94.